The van der Waals surface area contributed by atoms with Crippen molar-refractivity contribution in [3.05, 3.63) is 60.3 Å². The zero-order valence-electron chi connectivity index (χ0n) is 18.0. The molecule has 4 heteroatoms. The van der Waals surface area contributed by atoms with Crippen LogP contribution in [0.25, 0.3) is 22.0 Å². The van der Waals surface area contributed by atoms with Crippen LogP contribution < -0.4 is 10.6 Å². The lowest BCUT2D eigenvalue weighted by atomic mass is 9.89. The molecule has 158 valence electrons. The molecule has 2 N–H and O–H groups in total. The molecule has 0 radical (unpaired) electrons. The molecule has 1 heterocycles. The Labute approximate surface area is 179 Å². The minimum absolute atomic E-state index is 0.0627. The molecule has 1 amide bonds. The number of amides is 1. The molecule has 2 aromatic carbocycles. The first-order valence-corrected chi connectivity index (χ1v) is 11.3. The van der Waals surface area contributed by atoms with Gasteiger partial charge in [-0.15, -0.1) is 0 Å². The second-order valence-electron chi connectivity index (χ2n) is 8.64. The zero-order valence-corrected chi connectivity index (χ0v) is 18.0. The van der Waals surface area contributed by atoms with E-state index in [0.717, 1.165) is 29.9 Å². The number of carbonyl (C=O) groups is 1. The number of nitrogens with zero attached hydrogens (tertiary/aromatic N) is 1. The maximum absolute atomic E-state index is 12.5. The Kier molecular flexibility index (Phi) is 6.85. The van der Waals surface area contributed by atoms with E-state index in [0.29, 0.717) is 13.1 Å². The molecular formula is C26H33N3O. The fourth-order valence-electron chi connectivity index (χ4n) is 4.45. The first-order valence-electron chi connectivity index (χ1n) is 11.3. The van der Waals surface area contributed by atoms with Gasteiger partial charge < -0.3 is 15.2 Å². The fourth-order valence-corrected chi connectivity index (χ4v) is 4.45. The van der Waals surface area contributed by atoms with Gasteiger partial charge in [0.15, 0.2) is 0 Å². The number of nitrogens with one attached hydrogen (secondary N) is 2. The molecule has 0 unspecified atom stereocenters. The van der Waals surface area contributed by atoms with E-state index in [-0.39, 0.29) is 5.91 Å². The van der Waals surface area contributed by atoms with Gasteiger partial charge >= 0.3 is 0 Å². The molecule has 4 nitrogen and oxygen atoms in total. The number of fused-ring (bicyclic) bond motifs is 1. The molecular weight excluding hydrogens is 370 g/mol. The Morgan fingerprint density at radius 3 is 2.53 bits per heavy atom. The minimum atomic E-state index is 0.0627. The van der Waals surface area contributed by atoms with Crippen LogP contribution in [0.2, 0.25) is 0 Å². The first kappa shape index (κ1) is 20.7. The van der Waals surface area contributed by atoms with Gasteiger partial charge in [-0.25, -0.2) is 0 Å². The molecule has 1 aromatic heterocycles. The molecule has 1 aliphatic rings. The monoisotopic (exact) mass is 403 g/mol. The summed E-state index contributed by atoms with van der Waals surface area (Å²) < 4.78 is 2.04. The lowest BCUT2D eigenvalue weighted by Gasteiger charge is -2.21. The standard InChI is InChI=1S/C26H33N3O/c1-20-7-9-22(10-8-20)24-12-11-23-13-16-29(25(23)17-24)19-26(30)28-15-14-27-18-21-5-3-2-4-6-21/h7-13,16-17,21,27H,2-6,14-15,18-19H2,1H3,(H,28,30). The van der Waals surface area contributed by atoms with Crippen molar-refractivity contribution in [2.45, 2.75) is 45.6 Å². The third-order valence-electron chi connectivity index (χ3n) is 6.25. The van der Waals surface area contributed by atoms with Crippen molar-refractivity contribution >= 4 is 16.8 Å². The van der Waals surface area contributed by atoms with Gasteiger partial charge in [0.05, 0.1) is 0 Å². The normalized spacial score (nSPS) is 14.8. The minimum Gasteiger partial charge on any atom is -0.353 e. The Morgan fingerprint density at radius 2 is 1.73 bits per heavy atom. The quantitative estimate of drug-likeness (QED) is 0.525. The number of benzene rings is 2. The van der Waals surface area contributed by atoms with Crippen molar-refractivity contribution in [2.75, 3.05) is 19.6 Å². The highest BCUT2D eigenvalue weighted by molar-refractivity contribution is 5.87. The van der Waals surface area contributed by atoms with Gasteiger partial charge in [-0.3, -0.25) is 4.79 Å². The number of aromatic nitrogens is 1. The predicted molar refractivity (Wildman–Crippen MR) is 125 cm³/mol. The van der Waals surface area contributed by atoms with Crippen LogP contribution in [0.1, 0.15) is 37.7 Å². The lowest BCUT2D eigenvalue weighted by molar-refractivity contribution is -0.121. The van der Waals surface area contributed by atoms with Gasteiger partial charge in [-0.1, -0.05) is 61.2 Å². The van der Waals surface area contributed by atoms with Crippen molar-refractivity contribution in [3.8, 4) is 11.1 Å². The van der Waals surface area contributed by atoms with Gasteiger partial charge in [0.1, 0.15) is 6.54 Å². The van der Waals surface area contributed by atoms with Crippen LogP contribution in [-0.2, 0) is 11.3 Å². The van der Waals surface area contributed by atoms with Crippen molar-refractivity contribution in [1.82, 2.24) is 15.2 Å². The smallest absolute Gasteiger partial charge is 0.239 e. The van der Waals surface area contributed by atoms with Crippen LogP contribution in [0.15, 0.2) is 54.7 Å². The summed E-state index contributed by atoms with van der Waals surface area (Å²) in [5.41, 5.74) is 4.73. The molecule has 0 saturated heterocycles. The molecule has 1 aliphatic carbocycles. The van der Waals surface area contributed by atoms with E-state index in [1.165, 1.54) is 48.8 Å². The van der Waals surface area contributed by atoms with E-state index < -0.39 is 0 Å². The van der Waals surface area contributed by atoms with Gasteiger partial charge in [0, 0.05) is 24.8 Å². The summed E-state index contributed by atoms with van der Waals surface area (Å²) in [7, 11) is 0. The van der Waals surface area contributed by atoms with E-state index in [4.69, 9.17) is 0 Å². The van der Waals surface area contributed by atoms with E-state index in [9.17, 15) is 4.79 Å². The van der Waals surface area contributed by atoms with Crippen LogP contribution in [0, 0.1) is 12.8 Å². The van der Waals surface area contributed by atoms with Crippen molar-refractivity contribution < 1.29 is 4.79 Å². The van der Waals surface area contributed by atoms with Crippen LogP contribution in [0.4, 0.5) is 0 Å². The molecule has 0 atom stereocenters. The highest BCUT2D eigenvalue weighted by Gasteiger charge is 2.12. The fraction of sp³-hybridized carbons (Fsp3) is 0.423. The van der Waals surface area contributed by atoms with Gasteiger partial charge in [-0.2, -0.15) is 0 Å². The summed E-state index contributed by atoms with van der Waals surface area (Å²) in [5, 5.41) is 7.72. The number of hydrogen-bond acceptors (Lipinski definition) is 2. The van der Waals surface area contributed by atoms with E-state index in [1.807, 2.05) is 10.8 Å². The second-order valence-corrected chi connectivity index (χ2v) is 8.64. The van der Waals surface area contributed by atoms with E-state index in [2.05, 4.69) is 66.1 Å². The summed E-state index contributed by atoms with van der Waals surface area (Å²) in [6.45, 7) is 5.05. The maximum Gasteiger partial charge on any atom is 0.239 e. The predicted octanol–water partition coefficient (Wildman–Crippen LogP) is 4.90. The highest BCUT2D eigenvalue weighted by atomic mass is 16.1. The van der Waals surface area contributed by atoms with Crippen molar-refractivity contribution in [2.24, 2.45) is 5.92 Å². The molecule has 0 aliphatic heterocycles. The van der Waals surface area contributed by atoms with Gasteiger partial charge in [-0.05, 0) is 60.9 Å². The summed E-state index contributed by atoms with van der Waals surface area (Å²) in [5.74, 6) is 0.885. The molecule has 0 bridgehead atoms. The molecule has 4 rings (SSSR count). The first-order chi connectivity index (χ1) is 14.7. The van der Waals surface area contributed by atoms with E-state index >= 15 is 0 Å². The van der Waals surface area contributed by atoms with E-state index in [1.54, 1.807) is 0 Å². The highest BCUT2D eigenvalue weighted by Crippen LogP contribution is 2.25. The number of hydrogen-bond donors (Lipinski definition) is 2. The number of rotatable bonds is 8. The third kappa shape index (κ3) is 5.31. The Bertz CT molecular complexity index is 968. The zero-order chi connectivity index (χ0) is 20.8. The van der Waals surface area contributed by atoms with Crippen molar-refractivity contribution in [1.29, 1.82) is 0 Å². The van der Waals surface area contributed by atoms with Crippen molar-refractivity contribution in [3.63, 3.8) is 0 Å². The summed E-state index contributed by atoms with van der Waals surface area (Å²) in [6, 6.07) is 17.1. The largest absolute Gasteiger partial charge is 0.353 e. The molecule has 3 aromatic rings. The van der Waals surface area contributed by atoms with Crippen LogP contribution in [-0.4, -0.2) is 30.1 Å². The van der Waals surface area contributed by atoms with Crippen LogP contribution in [0.5, 0.6) is 0 Å². The Hall–Kier alpha value is -2.59. The second kappa shape index (κ2) is 9.94. The van der Waals surface area contributed by atoms with Gasteiger partial charge in [0.2, 0.25) is 5.91 Å². The molecule has 30 heavy (non-hydrogen) atoms. The SMILES string of the molecule is Cc1ccc(-c2ccc3ccn(CC(=O)NCCNCC4CCCCC4)c3c2)cc1. The topological polar surface area (TPSA) is 46.1 Å². The number of carbonyl (C=O) groups excluding carboxylic acids is 1. The van der Waals surface area contributed by atoms with Crippen LogP contribution >= 0.6 is 0 Å². The maximum atomic E-state index is 12.5. The third-order valence-corrected chi connectivity index (χ3v) is 6.25. The summed E-state index contributed by atoms with van der Waals surface area (Å²) in [4.78, 5) is 12.5. The lowest BCUT2D eigenvalue weighted by Crippen LogP contribution is -2.35. The average Bonchev–Trinajstić information content (AvgIpc) is 3.16. The van der Waals surface area contributed by atoms with Crippen LogP contribution in [0.3, 0.4) is 0 Å². The van der Waals surface area contributed by atoms with Gasteiger partial charge in [0.25, 0.3) is 0 Å². The Balaban J connectivity index is 1.30. The molecule has 1 fully saturated rings. The summed E-state index contributed by atoms with van der Waals surface area (Å²) >= 11 is 0. The number of aryl methyl sites for hydroxylation is 1. The average molecular weight is 404 g/mol. The Morgan fingerprint density at radius 1 is 0.967 bits per heavy atom. The molecule has 0 spiro atoms. The summed E-state index contributed by atoms with van der Waals surface area (Å²) in [6.07, 6.45) is 8.85. The molecule has 1 saturated carbocycles.